The Morgan fingerprint density at radius 3 is 2.62 bits per heavy atom. The van der Waals surface area contributed by atoms with E-state index in [4.69, 9.17) is 0 Å². The van der Waals surface area contributed by atoms with Gasteiger partial charge in [0, 0.05) is 24.2 Å². The van der Waals surface area contributed by atoms with Crippen LogP contribution in [0.5, 0.6) is 0 Å². The van der Waals surface area contributed by atoms with Gasteiger partial charge in [-0.25, -0.2) is 9.37 Å². The van der Waals surface area contributed by atoms with E-state index in [1.807, 2.05) is 18.2 Å². The Hall–Kier alpha value is -2.53. The van der Waals surface area contributed by atoms with Crippen LogP contribution in [-0.2, 0) is 6.54 Å². The molecule has 2 heterocycles. The van der Waals surface area contributed by atoms with E-state index >= 15 is 0 Å². The molecule has 0 saturated carbocycles. The van der Waals surface area contributed by atoms with Crippen molar-refractivity contribution in [2.75, 3.05) is 0 Å². The average Bonchev–Trinajstić information content (AvgIpc) is 2.96. The maximum absolute atomic E-state index is 13.7. The molecule has 0 saturated heterocycles. The molecule has 0 bridgehead atoms. The molecule has 0 unspecified atom stereocenters. The van der Waals surface area contributed by atoms with E-state index in [1.165, 1.54) is 6.07 Å². The van der Waals surface area contributed by atoms with Crippen molar-refractivity contribution in [2.45, 2.75) is 12.6 Å². The molecule has 106 valence electrons. The summed E-state index contributed by atoms with van der Waals surface area (Å²) >= 11 is 0. The van der Waals surface area contributed by atoms with Gasteiger partial charge in [-0.3, -0.25) is 4.98 Å². The summed E-state index contributed by atoms with van der Waals surface area (Å²) in [6.07, 6.45) is 4.12. The highest BCUT2D eigenvalue weighted by Gasteiger charge is 2.15. The summed E-state index contributed by atoms with van der Waals surface area (Å²) in [5.41, 5.74) is 0.987. The zero-order chi connectivity index (χ0) is 14.7. The summed E-state index contributed by atoms with van der Waals surface area (Å²) in [6, 6.07) is 11.8. The highest BCUT2D eigenvalue weighted by atomic mass is 19.1. The van der Waals surface area contributed by atoms with Crippen LogP contribution >= 0.6 is 0 Å². The first-order chi connectivity index (χ1) is 10.3. The van der Waals surface area contributed by atoms with Gasteiger partial charge in [0.1, 0.15) is 11.5 Å². The zero-order valence-electron chi connectivity index (χ0n) is 11.2. The number of benzene rings is 1. The predicted octanol–water partition coefficient (Wildman–Crippen LogP) is 2.82. The van der Waals surface area contributed by atoms with Crippen LogP contribution in [-0.4, -0.2) is 19.6 Å². The first kappa shape index (κ1) is 13.5. The highest BCUT2D eigenvalue weighted by molar-refractivity contribution is 5.49. The van der Waals surface area contributed by atoms with Gasteiger partial charge in [0.2, 0.25) is 0 Å². The van der Waals surface area contributed by atoms with Gasteiger partial charge in [-0.2, -0.15) is 0 Å². The summed E-state index contributed by atoms with van der Waals surface area (Å²) in [5.74, 6) is 0.232. The fourth-order valence-electron chi connectivity index (χ4n) is 2.21. The largest absolute Gasteiger partial charge is 0.386 e. The molecule has 2 aromatic heterocycles. The second kappa shape index (κ2) is 5.85. The maximum atomic E-state index is 13.7. The molecule has 1 atom stereocenters. The standard InChI is InChI=1S/C16H14FN3O/c17-13-6-2-1-5-12(13)15(21)11-20-10-9-19-16(20)14-7-3-4-8-18-14/h1-10,15,21H,11H2/t15-/m0/s1. The van der Waals surface area contributed by atoms with Gasteiger partial charge in [0.05, 0.1) is 12.6 Å². The minimum atomic E-state index is -0.942. The molecule has 0 aliphatic carbocycles. The molecule has 0 amide bonds. The molecule has 4 nitrogen and oxygen atoms in total. The predicted molar refractivity (Wildman–Crippen MR) is 76.8 cm³/mol. The highest BCUT2D eigenvalue weighted by Crippen LogP contribution is 2.21. The summed E-state index contributed by atoms with van der Waals surface area (Å²) in [4.78, 5) is 8.49. The molecule has 0 fully saturated rings. The van der Waals surface area contributed by atoms with Crippen molar-refractivity contribution in [1.29, 1.82) is 0 Å². The molecule has 0 radical (unpaired) electrons. The number of pyridine rings is 1. The van der Waals surface area contributed by atoms with E-state index in [0.717, 1.165) is 0 Å². The van der Waals surface area contributed by atoms with Crippen LogP contribution in [0, 0.1) is 5.82 Å². The molecule has 21 heavy (non-hydrogen) atoms. The van der Waals surface area contributed by atoms with Gasteiger partial charge < -0.3 is 9.67 Å². The van der Waals surface area contributed by atoms with Crippen molar-refractivity contribution in [1.82, 2.24) is 14.5 Å². The van der Waals surface area contributed by atoms with Gasteiger partial charge in [0.15, 0.2) is 5.82 Å². The fourth-order valence-corrected chi connectivity index (χ4v) is 2.21. The van der Waals surface area contributed by atoms with E-state index in [9.17, 15) is 9.50 Å². The smallest absolute Gasteiger partial charge is 0.158 e. The Kier molecular flexibility index (Phi) is 3.75. The van der Waals surface area contributed by atoms with Crippen molar-refractivity contribution in [3.63, 3.8) is 0 Å². The minimum Gasteiger partial charge on any atom is -0.386 e. The van der Waals surface area contributed by atoms with Crippen LogP contribution in [0.4, 0.5) is 4.39 Å². The van der Waals surface area contributed by atoms with E-state index < -0.39 is 11.9 Å². The third-order valence-corrected chi connectivity index (χ3v) is 3.24. The zero-order valence-corrected chi connectivity index (χ0v) is 11.2. The molecular weight excluding hydrogens is 269 g/mol. The molecule has 3 rings (SSSR count). The van der Waals surface area contributed by atoms with Crippen LogP contribution in [0.3, 0.4) is 0 Å². The Labute approximate surface area is 121 Å². The van der Waals surface area contributed by atoms with Crippen LogP contribution in [0.25, 0.3) is 11.5 Å². The fraction of sp³-hybridized carbons (Fsp3) is 0.125. The van der Waals surface area contributed by atoms with Crippen molar-refractivity contribution >= 4 is 0 Å². The quantitative estimate of drug-likeness (QED) is 0.801. The lowest BCUT2D eigenvalue weighted by Crippen LogP contribution is -2.11. The number of imidazole rings is 1. The normalized spacial score (nSPS) is 12.3. The SMILES string of the molecule is O[C@@H](Cn1ccnc1-c1ccccn1)c1ccccc1F. The number of aliphatic hydroxyl groups is 1. The summed E-state index contributed by atoms with van der Waals surface area (Å²) in [6.45, 7) is 0.215. The monoisotopic (exact) mass is 283 g/mol. The summed E-state index contributed by atoms with van der Waals surface area (Å²) in [7, 11) is 0. The van der Waals surface area contributed by atoms with Crippen molar-refractivity contribution in [3.8, 4) is 11.5 Å². The Morgan fingerprint density at radius 2 is 1.86 bits per heavy atom. The number of hydrogen-bond donors (Lipinski definition) is 1. The van der Waals surface area contributed by atoms with Crippen molar-refractivity contribution in [3.05, 3.63) is 72.4 Å². The van der Waals surface area contributed by atoms with E-state index in [-0.39, 0.29) is 12.1 Å². The van der Waals surface area contributed by atoms with Gasteiger partial charge in [-0.15, -0.1) is 0 Å². The Morgan fingerprint density at radius 1 is 1.05 bits per heavy atom. The third kappa shape index (κ3) is 2.83. The van der Waals surface area contributed by atoms with Gasteiger partial charge in [-0.1, -0.05) is 24.3 Å². The molecule has 5 heteroatoms. The van der Waals surface area contributed by atoms with Crippen LogP contribution < -0.4 is 0 Å². The second-order valence-corrected chi connectivity index (χ2v) is 4.66. The van der Waals surface area contributed by atoms with Gasteiger partial charge in [0.25, 0.3) is 0 Å². The lowest BCUT2D eigenvalue weighted by molar-refractivity contribution is 0.152. The van der Waals surface area contributed by atoms with Gasteiger partial charge in [-0.05, 0) is 18.2 Å². The number of halogens is 1. The number of hydrogen-bond acceptors (Lipinski definition) is 3. The van der Waals surface area contributed by atoms with Gasteiger partial charge >= 0.3 is 0 Å². The first-order valence-corrected chi connectivity index (χ1v) is 6.61. The Balaban J connectivity index is 1.87. The van der Waals surface area contributed by atoms with E-state index in [2.05, 4.69) is 9.97 Å². The molecule has 1 aromatic carbocycles. The average molecular weight is 283 g/mol. The van der Waals surface area contributed by atoms with Crippen LogP contribution in [0.2, 0.25) is 0 Å². The minimum absolute atomic E-state index is 0.215. The summed E-state index contributed by atoms with van der Waals surface area (Å²) < 4.78 is 15.5. The molecule has 0 spiro atoms. The molecule has 0 aliphatic heterocycles. The Bertz CT molecular complexity index is 727. The lowest BCUT2D eigenvalue weighted by atomic mass is 10.1. The maximum Gasteiger partial charge on any atom is 0.158 e. The number of aromatic nitrogens is 3. The van der Waals surface area contributed by atoms with Crippen LogP contribution in [0.15, 0.2) is 61.1 Å². The topological polar surface area (TPSA) is 50.9 Å². The van der Waals surface area contributed by atoms with Crippen molar-refractivity contribution < 1.29 is 9.50 Å². The molecule has 3 aromatic rings. The van der Waals surface area contributed by atoms with E-state index in [1.54, 1.807) is 41.4 Å². The lowest BCUT2D eigenvalue weighted by Gasteiger charge is -2.14. The number of rotatable bonds is 4. The summed E-state index contributed by atoms with van der Waals surface area (Å²) in [5, 5.41) is 10.2. The number of nitrogens with zero attached hydrogens (tertiary/aromatic N) is 3. The first-order valence-electron chi connectivity index (χ1n) is 6.61. The number of aliphatic hydroxyl groups excluding tert-OH is 1. The van der Waals surface area contributed by atoms with Crippen molar-refractivity contribution in [2.24, 2.45) is 0 Å². The molecule has 1 N–H and O–H groups in total. The molecular formula is C16H14FN3O. The molecule has 0 aliphatic rings. The van der Waals surface area contributed by atoms with Crippen LogP contribution in [0.1, 0.15) is 11.7 Å². The second-order valence-electron chi connectivity index (χ2n) is 4.66. The third-order valence-electron chi connectivity index (χ3n) is 3.24. The van der Waals surface area contributed by atoms with E-state index in [0.29, 0.717) is 11.5 Å².